The van der Waals surface area contributed by atoms with Gasteiger partial charge < -0.3 is 15.0 Å². The van der Waals surface area contributed by atoms with E-state index in [1.165, 1.54) is 16.2 Å². The van der Waals surface area contributed by atoms with Crippen LogP contribution < -0.4 is 5.32 Å². The number of ether oxygens (including phenoxy) is 1. The van der Waals surface area contributed by atoms with Crippen LogP contribution in [0.15, 0.2) is 47.8 Å². The lowest BCUT2D eigenvalue weighted by Crippen LogP contribution is -2.40. The number of methoxy groups -OCH3 is 1. The van der Waals surface area contributed by atoms with Gasteiger partial charge in [0.15, 0.2) is 0 Å². The third-order valence-electron chi connectivity index (χ3n) is 5.15. The first-order chi connectivity index (χ1) is 15.7. The van der Waals surface area contributed by atoms with Crippen molar-refractivity contribution in [3.63, 3.8) is 0 Å². The fourth-order valence-corrected chi connectivity index (χ4v) is 4.01. The molecule has 1 aromatic carbocycles. The van der Waals surface area contributed by atoms with Gasteiger partial charge in [-0.3, -0.25) is 9.59 Å². The van der Waals surface area contributed by atoms with Gasteiger partial charge in [-0.1, -0.05) is 39.0 Å². The summed E-state index contributed by atoms with van der Waals surface area (Å²) < 4.78 is 6.90. The van der Waals surface area contributed by atoms with Gasteiger partial charge in [0.1, 0.15) is 5.82 Å². The zero-order valence-corrected chi connectivity index (χ0v) is 20.7. The number of nitrogens with one attached hydrogen (secondary N) is 1. The van der Waals surface area contributed by atoms with E-state index in [2.05, 4.69) is 26.1 Å². The fourth-order valence-electron chi connectivity index (χ4n) is 3.32. The van der Waals surface area contributed by atoms with Crippen molar-refractivity contribution in [2.24, 2.45) is 0 Å². The number of thiophene rings is 1. The number of carbonyl (C=O) groups is 2. The third-order valence-corrected chi connectivity index (χ3v) is 6.03. The minimum Gasteiger partial charge on any atom is -0.383 e. The van der Waals surface area contributed by atoms with Crippen LogP contribution >= 0.6 is 11.3 Å². The Morgan fingerprint density at radius 1 is 1.18 bits per heavy atom. The number of anilines is 1. The maximum atomic E-state index is 13.0. The lowest BCUT2D eigenvalue weighted by molar-refractivity contribution is -0.134. The van der Waals surface area contributed by atoms with E-state index in [9.17, 15) is 9.59 Å². The molecule has 0 aliphatic rings. The number of hydrogen-bond donors (Lipinski definition) is 1. The average molecular weight is 469 g/mol. The Bertz CT molecular complexity index is 1080. The highest BCUT2D eigenvalue weighted by atomic mass is 32.1. The van der Waals surface area contributed by atoms with Crippen LogP contribution in [0.3, 0.4) is 0 Å². The Labute approximate surface area is 199 Å². The normalized spacial score (nSPS) is 11.4. The summed E-state index contributed by atoms with van der Waals surface area (Å²) >= 11 is 1.53. The molecule has 3 aromatic rings. The Hall–Kier alpha value is -2.97. The van der Waals surface area contributed by atoms with E-state index in [1.807, 2.05) is 54.8 Å². The van der Waals surface area contributed by atoms with Gasteiger partial charge in [0.05, 0.1) is 31.0 Å². The molecule has 7 nitrogen and oxygen atoms in total. The van der Waals surface area contributed by atoms with Crippen molar-refractivity contribution in [2.75, 3.05) is 32.1 Å². The van der Waals surface area contributed by atoms with Gasteiger partial charge in [0.25, 0.3) is 0 Å². The molecule has 2 aromatic heterocycles. The summed E-state index contributed by atoms with van der Waals surface area (Å²) in [7, 11) is 1.58. The number of carbonyl (C=O) groups excluding carboxylic acids is 2. The van der Waals surface area contributed by atoms with Crippen LogP contribution in [0.5, 0.6) is 0 Å². The SMILES string of the molecule is COCCN(CC(=O)Nc1cc(C(C)(C)C)nn1-c1cccc(C)c1)C(=O)Cc1cccs1. The molecule has 0 aliphatic carbocycles. The standard InChI is InChI=1S/C25H32N4O3S/c1-18-8-6-9-19(14-18)29-22(16-21(27-29)25(2,3)4)26-23(30)17-28(11-12-32-5)24(31)15-20-10-7-13-33-20/h6-10,13-14,16H,11-12,15,17H2,1-5H3,(H,26,30). The molecule has 0 unspecified atom stereocenters. The summed E-state index contributed by atoms with van der Waals surface area (Å²) in [5, 5.41) is 9.67. The summed E-state index contributed by atoms with van der Waals surface area (Å²) in [5.74, 6) is 0.194. The molecule has 0 atom stereocenters. The molecule has 0 radical (unpaired) electrons. The molecular formula is C25H32N4O3S. The van der Waals surface area contributed by atoms with Gasteiger partial charge in [-0.15, -0.1) is 11.3 Å². The van der Waals surface area contributed by atoms with Gasteiger partial charge in [0.2, 0.25) is 11.8 Å². The van der Waals surface area contributed by atoms with Crippen LogP contribution in [0.1, 0.15) is 36.9 Å². The molecule has 0 saturated heterocycles. The van der Waals surface area contributed by atoms with E-state index < -0.39 is 0 Å². The molecule has 0 aliphatic heterocycles. The zero-order chi connectivity index (χ0) is 24.0. The molecule has 0 saturated carbocycles. The molecule has 33 heavy (non-hydrogen) atoms. The lowest BCUT2D eigenvalue weighted by Gasteiger charge is -2.22. The molecule has 8 heteroatoms. The van der Waals surface area contributed by atoms with Gasteiger partial charge >= 0.3 is 0 Å². The summed E-state index contributed by atoms with van der Waals surface area (Å²) in [6.07, 6.45) is 0.268. The molecule has 176 valence electrons. The van der Waals surface area contributed by atoms with E-state index in [-0.39, 0.29) is 30.2 Å². The highest BCUT2D eigenvalue weighted by Crippen LogP contribution is 2.26. The van der Waals surface area contributed by atoms with Crippen molar-refractivity contribution in [2.45, 2.75) is 39.5 Å². The largest absolute Gasteiger partial charge is 0.383 e. The van der Waals surface area contributed by atoms with E-state index in [1.54, 1.807) is 11.8 Å². The Morgan fingerprint density at radius 2 is 1.97 bits per heavy atom. The van der Waals surface area contributed by atoms with Crippen molar-refractivity contribution < 1.29 is 14.3 Å². The minimum atomic E-state index is -0.278. The van der Waals surface area contributed by atoms with Crippen molar-refractivity contribution >= 4 is 29.0 Å². The topological polar surface area (TPSA) is 76.5 Å². The fraction of sp³-hybridized carbons (Fsp3) is 0.400. The Balaban J connectivity index is 1.80. The van der Waals surface area contributed by atoms with Crippen molar-refractivity contribution in [3.8, 4) is 5.69 Å². The second-order valence-corrected chi connectivity index (χ2v) is 10.1. The van der Waals surface area contributed by atoms with Crippen LogP contribution in [0.4, 0.5) is 5.82 Å². The Kier molecular flexibility index (Phi) is 8.05. The highest BCUT2D eigenvalue weighted by molar-refractivity contribution is 7.10. The molecule has 3 rings (SSSR count). The molecule has 2 amide bonds. The van der Waals surface area contributed by atoms with Crippen LogP contribution in [0.25, 0.3) is 5.69 Å². The summed E-state index contributed by atoms with van der Waals surface area (Å²) in [6, 6.07) is 13.7. The van der Waals surface area contributed by atoms with Crippen molar-refractivity contribution in [1.82, 2.24) is 14.7 Å². The molecule has 2 heterocycles. The van der Waals surface area contributed by atoms with Crippen molar-refractivity contribution in [1.29, 1.82) is 0 Å². The van der Waals surface area contributed by atoms with Crippen LogP contribution in [0.2, 0.25) is 0 Å². The number of hydrogen-bond acceptors (Lipinski definition) is 5. The zero-order valence-electron chi connectivity index (χ0n) is 19.9. The highest BCUT2D eigenvalue weighted by Gasteiger charge is 2.23. The van der Waals surface area contributed by atoms with E-state index in [4.69, 9.17) is 9.84 Å². The summed E-state index contributed by atoms with van der Waals surface area (Å²) in [4.78, 5) is 28.4. The van der Waals surface area contributed by atoms with Gasteiger partial charge in [-0.05, 0) is 36.1 Å². The van der Waals surface area contributed by atoms with Crippen LogP contribution in [-0.4, -0.2) is 53.3 Å². The summed E-state index contributed by atoms with van der Waals surface area (Å²) in [6.45, 7) is 8.91. The molecular weight excluding hydrogens is 436 g/mol. The first kappa shape index (κ1) is 24.7. The second-order valence-electron chi connectivity index (χ2n) is 9.03. The summed E-state index contributed by atoms with van der Waals surface area (Å²) in [5.41, 5.74) is 2.65. The number of nitrogens with zero attached hydrogens (tertiary/aromatic N) is 3. The smallest absolute Gasteiger partial charge is 0.245 e. The van der Waals surface area contributed by atoms with Gasteiger partial charge in [-0.25, -0.2) is 4.68 Å². The first-order valence-corrected chi connectivity index (χ1v) is 11.8. The number of benzene rings is 1. The quantitative estimate of drug-likeness (QED) is 0.511. The monoisotopic (exact) mass is 468 g/mol. The Morgan fingerprint density at radius 3 is 2.61 bits per heavy atom. The van der Waals surface area contributed by atoms with E-state index >= 15 is 0 Å². The van der Waals surface area contributed by atoms with E-state index in [0.717, 1.165) is 21.8 Å². The molecule has 0 spiro atoms. The average Bonchev–Trinajstić information content (AvgIpc) is 3.40. The van der Waals surface area contributed by atoms with E-state index in [0.29, 0.717) is 19.0 Å². The maximum Gasteiger partial charge on any atom is 0.245 e. The second kappa shape index (κ2) is 10.8. The molecule has 1 N–H and O–H groups in total. The van der Waals surface area contributed by atoms with Crippen molar-refractivity contribution in [3.05, 3.63) is 64.0 Å². The predicted octanol–water partition coefficient (Wildman–Crippen LogP) is 4.20. The first-order valence-electron chi connectivity index (χ1n) is 10.9. The minimum absolute atomic E-state index is 0.0581. The molecule has 0 fully saturated rings. The third kappa shape index (κ3) is 6.76. The number of aryl methyl sites for hydroxylation is 1. The predicted molar refractivity (Wildman–Crippen MR) is 132 cm³/mol. The number of aromatic nitrogens is 2. The maximum absolute atomic E-state index is 13.0. The van der Waals surface area contributed by atoms with Gasteiger partial charge in [0, 0.05) is 30.0 Å². The number of rotatable bonds is 9. The lowest BCUT2D eigenvalue weighted by atomic mass is 9.92. The molecule has 0 bridgehead atoms. The van der Waals surface area contributed by atoms with Gasteiger partial charge in [-0.2, -0.15) is 5.10 Å². The number of amides is 2. The van der Waals surface area contributed by atoms with Crippen LogP contribution in [0, 0.1) is 6.92 Å². The van der Waals surface area contributed by atoms with Crippen LogP contribution in [-0.2, 0) is 26.2 Å².